The van der Waals surface area contributed by atoms with Crippen molar-refractivity contribution in [1.29, 1.82) is 0 Å². The van der Waals surface area contributed by atoms with Crippen molar-refractivity contribution in [3.05, 3.63) is 57.0 Å². The summed E-state index contributed by atoms with van der Waals surface area (Å²) in [6.45, 7) is 0. The Labute approximate surface area is 177 Å². The average molecular weight is 356 g/mol. The first-order valence-electron chi connectivity index (χ1n) is 6.55. The van der Waals surface area contributed by atoms with Crippen LogP contribution < -0.4 is 16.1 Å². The molecule has 120 valence electrons. The van der Waals surface area contributed by atoms with Crippen LogP contribution >= 0.6 is 0 Å². The number of imidazole rings is 1. The van der Waals surface area contributed by atoms with Gasteiger partial charge in [0.25, 0.3) is 0 Å². The van der Waals surface area contributed by atoms with Crippen LogP contribution in [0.3, 0.4) is 0 Å². The van der Waals surface area contributed by atoms with Crippen LogP contribution in [0.5, 0.6) is 5.75 Å². The zero-order valence-corrected chi connectivity index (χ0v) is 12.3. The molecule has 2 heterocycles. The van der Waals surface area contributed by atoms with E-state index in [0.29, 0.717) is 4.73 Å². The van der Waals surface area contributed by atoms with Gasteiger partial charge in [0.15, 0.2) is 11.2 Å². The molecule has 0 saturated heterocycles. The topological polar surface area (TPSA) is 108 Å². The van der Waals surface area contributed by atoms with Gasteiger partial charge in [-0.15, -0.1) is 0 Å². The molecule has 0 aliphatic heterocycles. The Kier molecular flexibility index (Phi) is 5.45. The molecular weight excluding hydrogens is 343 g/mol. The zero-order chi connectivity index (χ0) is 16.7. The first-order valence-corrected chi connectivity index (χ1v) is 6.55. The van der Waals surface area contributed by atoms with E-state index in [4.69, 9.17) is 4.84 Å². The summed E-state index contributed by atoms with van der Waals surface area (Å²) in [5.74, 6) is -1.34. The van der Waals surface area contributed by atoms with Gasteiger partial charge in [-0.05, 0) is 12.1 Å². The number of aryl methyl sites for hydroxylation is 2. The Morgan fingerprint density at radius 3 is 2.54 bits per heavy atom. The van der Waals surface area contributed by atoms with Gasteiger partial charge < -0.3 is 14.5 Å². The summed E-state index contributed by atoms with van der Waals surface area (Å²) in [5, 5.41) is 9.65. The normalized spacial score (nSPS) is 10.4. The number of rotatable bonds is 2. The molecule has 0 aliphatic carbocycles. The van der Waals surface area contributed by atoms with Gasteiger partial charge in [0.05, 0.1) is 6.33 Å². The molecule has 0 amide bonds. The van der Waals surface area contributed by atoms with Gasteiger partial charge in [0.1, 0.15) is 11.3 Å². The van der Waals surface area contributed by atoms with E-state index in [9.17, 15) is 19.5 Å². The van der Waals surface area contributed by atoms with Crippen LogP contribution in [0.2, 0.25) is 0 Å². The van der Waals surface area contributed by atoms with Crippen LogP contribution in [-0.2, 0) is 14.1 Å². The van der Waals surface area contributed by atoms with Crippen LogP contribution in [-0.4, -0.2) is 81.3 Å². The third kappa shape index (κ3) is 2.98. The summed E-state index contributed by atoms with van der Waals surface area (Å²) >= 11 is 0. The van der Waals surface area contributed by atoms with E-state index in [1.54, 1.807) is 7.05 Å². The number of para-hydroxylation sites is 1. The van der Waals surface area contributed by atoms with Gasteiger partial charge in [-0.3, -0.25) is 9.36 Å². The fourth-order valence-electron chi connectivity index (χ4n) is 2.18. The second-order valence-corrected chi connectivity index (χ2v) is 4.86. The second kappa shape index (κ2) is 7.03. The number of aromatic nitrogens is 4. The molecule has 0 saturated carbocycles. The molecule has 0 radical (unpaired) electrons. The molecule has 2 aromatic heterocycles. The van der Waals surface area contributed by atoms with Crippen LogP contribution in [0.1, 0.15) is 10.4 Å². The molecule has 3 aromatic rings. The summed E-state index contributed by atoms with van der Waals surface area (Å²) in [6, 6.07) is 5.65. The summed E-state index contributed by atoms with van der Waals surface area (Å²) in [6.07, 6.45) is 1.38. The van der Waals surface area contributed by atoms with Crippen LogP contribution in [0.15, 0.2) is 40.2 Å². The van der Waals surface area contributed by atoms with Crippen molar-refractivity contribution in [2.75, 3.05) is 0 Å². The molecule has 3 rings (SSSR count). The number of benzene rings is 1. The number of phenols is 1. The van der Waals surface area contributed by atoms with E-state index in [1.165, 1.54) is 42.2 Å². The Morgan fingerprint density at radius 2 is 1.88 bits per heavy atom. The summed E-state index contributed by atoms with van der Waals surface area (Å²) in [7, 11) is 2.98. The molecule has 0 spiro atoms. The maximum atomic E-state index is 12.4. The van der Waals surface area contributed by atoms with Crippen LogP contribution in [0.25, 0.3) is 11.2 Å². The number of hydrogen-bond donors (Lipinski definition) is 1. The van der Waals surface area contributed by atoms with Crippen molar-refractivity contribution in [3.63, 3.8) is 0 Å². The molecule has 0 unspecified atom stereocenters. The number of phenolic OH excluding ortho intramolecular Hbond substituents is 1. The van der Waals surface area contributed by atoms with Crippen molar-refractivity contribution < 1.29 is 14.7 Å². The van der Waals surface area contributed by atoms with E-state index in [2.05, 4.69) is 4.98 Å². The number of fused-ring (bicyclic) bond motifs is 1. The van der Waals surface area contributed by atoms with E-state index in [-0.39, 0.29) is 73.9 Å². The van der Waals surface area contributed by atoms with Crippen LogP contribution in [0, 0.1) is 0 Å². The van der Waals surface area contributed by atoms with Gasteiger partial charge in [-0.2, -0.15) is 0 Å². The fraction of sp³-hybridized carbons (Fsp3) is 0.143. The van der Waals surface area contributed by atoms with Gasteiger partial charge in [0, 0.05) is 14.1 Å². The molecular formula is C14H13KN4O5. The molecule has 0 bridgehead atoms. The maximum absolute atomic E-state index is 12.4. The van der Waals surface area contributed by atoms with Gasteiger partial charge in [-0.1, -0.05) is 16.9 Å². The average Bonchev–Trinajstić information content (AvgIpc) is 2.91. The molecule has 10 heteroatoms. The van der Waals surface area contributed by atoms with Crippen molar-refractivity contribution in [3.8, 4) is 5.75 Å². The van der Waals surface area contributed by atoms with Gasteiger partial charge in [0.2, 0.25) is 0 Å². The number of carbonyl (C=O) groups is 1. The van der Waals surface area contributed by atoms with Crippen molar-refractivity contribution >= 4 is 68.5 Å². The third-order valence-corrected chi connectivity index (χ3v) is 3.38. The Hall–Kier alpha value is -1.72. The van der Waals surface area contributed by atoms with E-state index < -0.39 is 17.2 Å². The van der Waals surface area contributed by atoms with Crippen molar-refractivity contribution in [1.82, 2.24) is 18.8 Å². The van der Waals surface area contributed by atoms with Gasteiger partial charge >= 0.3 is 68.6 Å². The minimum absolute atomic E-state index is 0. The van der Waals surface area contributed by atoms with Crippen molar-refractivity contribution in [2.24, 2.45) is 14.1 Å². The Morgan fingerprint density at radius 1 is 1.21 bits per heavy atom. The third-order valence-electron chi connectivity index (χ3n) is 3.38. The van der Waals surface area contributed by atoms with E-state index in [0.717, 1.165) is 4.57 Å². The molecule has 0 aliphatic rings. The summed E-state index contributed by atoms with van der Waals surface area (Å²) < 4.78 is 2.86. The fourth-order valence-corrected chi connectivity index (χ4v) is 2.18. The number of aromatic hydroxyl groups is 1. The van der Waals surface area contributed by atoms with Crippen molar-refractivity contribution in [2.45, 2.75) is 0 Å². The summed E-state index contributed by atoms with van der Waals surface area (Å²) in [5.41, 5.74) is -1.54. The first-order chi connectivity index (χ1) is 10.9. The molecule has 0 atom stereocenters. The van der Waals surface area contributed by atoms with Gasteiger partial charge in [-0.25, -0.2) is 14.6 Å². The first kappa shape index (κ1) is 18.6. The molecule has 0 fully saturated rings. The number of carbonyl (C=O) groups excluding carboxylic acids is 1. The van der Waals surface area contributed by atoms with Crippen LogP contribution in [0.4, 0.5) is 0 Å². The standard InChI is InChI=1S/C14H12N4O5.K.H/c1-16-7-15-11-10(16)12(20)18(14(22)17(11)2)23-13(21)8-5-3-4-6-9(8)19;;/h3-7,19H,1-2H3;;. The molecule has 1 N–H and O–H groups in total. The van der Waals surface area contributed by atoms with E-state index >= 15 is 0 Å². The molecule has 1 aromatic carbocycles. The minimum atomic E-state index is -1.02. The summed E-state index contributed by atoms with van der Waals surface area (Å²) in [4.78, 5) is 45.5. The quantitative estimate of drug-likeness (QED) is 0.576. The second-order valence-electron chi connectivity index (χ2n) is 4.86. The zero-order valence-electron chi connectivity index (χ0n) is 12.3. The Bertz CT molecular complexity index is 1050. The van der Waals surface area contributed by atoms with E-state index in [1.807, 2.05) is 0 Å². The molecule has 9 nitrogen and oxygen atoms in total. The number of nitrogens with zero attached hydrogens (tertiary/aromatic N) is 4. The Balaban J connectivity index is 0.00000208. The molecule has 24 heavy (non-hydrogen) atoms. The monoisotopic (exact) mass is 356 g/mol. The predicted molar refractivity (Wildman–Crippen MR) is 86.4 cm³/mol. The predicted octanol–water partition coefficient (Wildman–Crippen LogP) is -1.24. The SMILES string of the molecule is Cn1cnc2c1c(=O)n(OC(=O)c1ccccc1O)c(=O)n2C.[KH]. The number of hydrogen-bond acceptors (Lipinski definition) is 6.